The van der Waals surface area contributed by atoms with Crippen molar-refractivity contribution in [3.8, 4) is 0 Å². The van der Waals surface area contributed by atoms with Crippen molar-refractivity contribution in [1.82, 2.24) is 4.98 Å². The van der Waals surface area contributed by atoms with Crippen molar-refractivity contribution >= 4 is 5.82 Å². The third kappa shape index (κ3) is 1.21. The quantitative estimate of drug-likeness (QED) is 0.648. The minimum absolute atomic E-state index is 0.823. The molecule has 1 aromatic rings. The summed E-state index contributed by atoms with van der Waals surface area (Å²) >= 11 is 0. The first kappa shape index (κ1) is 7.36. The maximum Gasteiger partial charge on any atom is 0.128 e. The number of piperidine rings is 1. The van der Waals surface area contributed by atoms with E-state index in [9.17, 15) is 0 Å². The zero-order chi connectivity index (χ0) is 8.67. The van der Waals surface area contributed by atoms with Gasteiger partial charge in [-0.2, -0.15) is 0 Å². The normalized spacial score (nSPS) is 31.2. The van der Waals surface area contributed by atoms with E-state index in [0.717, 1.165) is 12.0 Å². The molecule has 1 aliphatic carbocycles. The summed E-state index contributed by atoms with van der Waals surface area (Å²) in [6.07, 6.45) is 6.07. The Balaban J connectivity index is 1.85. The smallest absolute Gasteiger partial charge is 0.128 e. The van der Waals surface area contributed by atoms with Crippen LogP contribution in [-0.4, -0.2) is 17.6 Å². The van der Waals surface area contributed by atoms with Gasteiger partial charge in [0.25, 0.3) is 0 Å². The minimum atomic E-state index is 0.823. The second-order valence-electron chi connectivity index (χ2n) is 4.09. The molecule has 0 amide bonds. The third-order valence-electron chi connectivity index (χ3n) is 3.20. The van der Waals surface area contributed by atoms with E-state index >= 15 is 0 Å². The van der Waals surface area contributed by atoms with Gasteiger partial charge >= 0.3 is 0 Å². The molecule has 0 spiro atoms. The Bertz CT molecular complexity index is 296. The molecule has 13 heavy (non-hydrogen) atoms. The Morgan fingerprint density at radius 3 is 3.23 bits per heavy atom. The van der Waals surface area contributed by atoms with Gasteiger partial charge in [-0.3, -0.25) is 0 Å². The summed E-state index contributed by atoms with van der Waals surface area (Å²) in [4.78, 5) is 6.89. The molecule has 0 bridgehead atoms. The summed E-state index contributed by atoms with van der Waals surface area (Å²) in [5.41, 5.74) is 0. The first-order valence-corrected chi connectivity index (χ1v) is 5.13. The Hall–Kier alpha value is -1.05. The summed E-state index contributed by atoms with van der Waals surface area (Å²) in [6, 6.07) is 7.01. The fourth-order valence-corrected chi connectivity index (χ4v) is 2.42. The number of nitrogens with zero attached hydrogens (tertiary/aromatic N) is 2. The van der Waals surface area contributed by atoms with E-state index in [-0.39, 0.29) is 0 Å². The second-order valence-corrected chi connectivity index (χ2v) is 4.09. The van der Waals surface area contributed by atoms with E-state index in [2.05, 4.69) is 22.0 Å². The highest BCUT2D eigenvalue weighted by Gasteiger charge is 2.44. The number of rotatable bonds is 1. The van der Waals surface area contributed by atoms with Crippen molar-refractivity contribution in [3.05, 3.63) is 24.4 Å². The summed E-state index contributed by atoms with van der Waals surface area (Å²) < 4.78 is 0. The van der Waals surface area contributed by atoms with Crippen molar-refractivity contribution in [2.24, 2.45) is 5.92 Å². The molecule has 0 radical (unpaired) electrons. The standard InChI is InChI=1S/C11H14N2/c1-2-6-12-11(5-1)13-7-3-4-9-8-10(9)13/h1-2,5-6,9-10H,3-4,7-8H2. The van der Waals surface area contributed by atoms with Gasteiger partial charge in [0.1, 0.15) is 5.82 Å². The number of pyridine rings is 1. The Morgan fingerprint density at radius 2 is 2.38 bits per heavy atom. The first-order chi connectivity index (χ1) is 6.45. The van der Waals surface area contributed by atoms with Crippen molar-refractivity contribution in [2.45, 2.75) is 25.3 Å². The number of anilines is 1. The first-order valence-electron chi connectivity index (χ1n) is 5.13. The molecule has 2 fully saturated rings. The van der Waals surface area contributed by atoms with Gasteiger partial charge in [-0.15, -0.1) is 0 Å². The molecule has 2 heterocycles. The number of aromatic nitrogens is 1. The van der Waals surface area contributed by atoms with Crippen molar-refractivity contribution < 1.29 is 0 Å². The lowest BCUT2D eigenvalue weighted by Crippen LogP contribution is -2.32. The lowest BCUT2D eigenvalue weighted by molar-refractivity contribution is 0.555. The van der Waals surface area contributed by atoms with Gasteiger partial charge in [0.2, 0.25) is 0 Å². The number of hydrogen-bond donors (Lipinski definition) is 0. The van der Waals surface area contributed by atoms with E-state index in [0.29, 0.717) is 0 Å². The maximum absolute atomic E-state index is 4.41. The molecule has 2 aliphatic rings. The Morgan fingerprint density at radius 1 is 1.38 bits per heavy atom. The van der Waals surface area contributed by atoms with E-state index in [1.165, 1.54) is 31.6 Å². The summed E-state index contributed by atoms with van der Waals surface area (Å²) in [7, 11) is 0. The van der Waals surface area contributed by atoms with Gasteiger partial charge in [-0.25, -0.2) is 4.98 Å². The molecule has 2 heteroatoms. The summed E-state index contributed by atoms with van der Waals surface area (Å²) in [5, 5.41) is 0. The highest BCUT2D eigenvalue weighted by atomic mass is 15.2. The lowest BCUT2D eigenvalue weighted by Gasteiger charge is -2.27. The highest BCUT2D eigenvalue weighted by molar-refractivity contribution is 5.42. The van der Waals surface area contributed by atoms with E-state index < -0.39 is 0 Å². The predicted octanol–water partition coefficient (Wildman–Crippen LogP) is 2.07. The van der Waals surface area contributed by atoms with Crippen LogP contribution < -0.4 is 4.90 Å². The molecule has 1 aliphatic heterocycles. The van der Waals surface area contributed by atoms with Crippen LogP contribution in [0.25, 0.3) is 0 Å². The molecular formula is C11H14N2. The molecule has 0 N–H and O–H groups in total. The van der Waals surface area contributed by atoms with Gasteiger partial charge in [-0.05, 0) is 37.3 Å². The van der Waals surface area contributed by atoms with Crippen LogP contribution in [0.15, 0.2) is 24.4 Å². The maximum atomic E-state index is 4.41. The van der Waals surface area contributed by atoms with Gasteiger partial charge < -0.3 is 4.90 Å². The van der Waals surface area contributed by atoms with Gasteiger partial charge in [-0.1, -0.05) is 6.07 Å². The predicted molar refractivity (Wildman–Crippen MR) is 52.7 cm³/mol. The van der Waals surface area contributed by atoms with Crippen LogP contribution in [0.3, 0.4) is 0 Å². The van der Waals surface area contributed by atoms with E-state index in [4.69, 9.17) is 0 Å². The molecular weight excluding hydrogens is 160 g/mol. The largest absolute Gasteiger partial charge is 0.353 e. The zero-order valence-corrected chi connectivity index (χ0v) is 7.69. The molecule has 1 aromatic heterocycles. The van der Waals surface area contributed by atoms with E-state index in [1.807, 2.05) is 12.3 Å². The average Bonchev–Trinajstić information content (AvgIpc) is 2.97. The van der Waals surface area contributed by atoms with Gasteiger partial charge in [0.05, 0.1) is 0 Å². The molecule has 2 atom stereocenters. The van der Waals surface area contributed by atoms with E-state index in [1.54, 1.807) is 0 Å². The van der Waals surface area contributed by atoms with Crippen molar-refractivity contribution in [3.63, 3.8) is 0 Å². The topological polar surface area (TPSA) is 16.1 Å². The monoisotopic (exact) mass is 174 g/mol. The summed E-state index contributed by atoms with van der Waals surface area (Å²) in [5.74, 6) is 2.16. The number of hydrogen-bond acceptors (Lipinski definition) is 2. The van der Waals surface area contributed by atoms with Crippen molar-refractivity contribution in [2.75, 3.05) is 11.4 Å². The van der Waals surface area contributed by atoms with Crippen LogP contribution >= 0.6 is 0 Å². The average molecular weight is 174 g/mol. The van der Waals surface area contributed by atoms with Gasteiger partial charge in [0.15, 0.2) is 0 Å². The second kappa shape index (κ2) is 2.72. The Labute approximate surface area is 78.6 Å². The lowest BCUT2D eigenvalue weighted by atomic mass is 10.1. The molecule has 1 saturated heterocycles. The molecule has 1 saturated carbocycles. The molecule has 2 nitrogen and oxygen atoms in total. The van der Waals surface area contributed by atoms with Crippen LogP contribution in [0.2, 0.25) is 0 Å². The van der Waals surface area contributed by atoms with Gasteiger partial charge in [0, 0.05) is 18.8 Å². The summed E-state index contributed by atoms with van der Waals surface area (Å²) in [6.45, 7) is 1.21. The van der Waals surface area contributed by atoms with Crippen LogP contribution in [0.5, 0.6) is 0 Å². The molecule has 3 rings (SSSR count). The SMILES string of the molecule is c1ccc(N2CCCC3CC32)nc1. The van der Waals surface area contributed by atoms with Crippen molar-refractivity contribution in [1.29, 1.82) is 0 Å². The van der Waals surface area contributed by atoms with Crippen LogP contribution in [0, 0.1) is 5.92 Å². The fraction of sp³-hybridized carbons (Fsp3) is 0.545. The van der Waals surface area contributed by atoms with Crippen LogP contribution in [0.4, 0.5) is 5.82 Å². The fourth-order valence-electron chi connectivity index (χ4n) is 2.42. The minimum Gasteiger partial charge on any atom is -0.353 e. The Kier molecular flexibility index (Phi) is 1.54. The zero-order valence-electron chi connectivity index (χ0n) is 7.69. The van der Waals surface area contributed by atoms with Crippen LogP contribution in [-0.2, 0) is 0 Å². The number of fused-ring (bicyclic) bond motifs is 1. The molecule has 0 aromatic carbocycles. The molecule has 68 valence electrons. The highest BCUT2D eigenvalue weighted by Crippen LogP contribution is 2.44. The molecule has 2 unspecified atom stereocenters. The third-order valence-corrected chi connectivity index (χ3v) is 3.20. The van der Waals surface area contributed by atoms with Crippen LogP contribution in [0.1, 0.15) is 19.3 Å².